The van der Waals surface area contributed by atoms with Crippen molar-refractivity contribution in [3.8, 4) is 5.75 Å². The van der Waals surface area contributed by atoms with Crippen LogP contribution < -0.4 is 15.4 Å². The zero-order chi connectivity index (χ0) is 13.6. The molecule has 1 aromatic rings. The average molecular weight is 259 g/mol. The molecular weight excluding hydrogens is 240 g/mol. The predicted molar refractivity (Wildman–Crippen MR) is 75.7 cm³/mol. The van der Waals surface area contributed by atoms with Crippen LogP contribution in [0.1, 0.15) is 12.0 Å². The Kier molecular flexibility index (Phi) is 2.69. The molecule has 19 heavy (non-hydrogen) atoms. The number of benzene rings is 1. The fourth-order valence-corrected chi connectivity index (χ4v) is 2.82. The lowest BCUT2D eigenvalue weighted by atomic mass is 10.0. The summed E-state index contributed by atoms with van der Waals surface area (Å²) in [6.45, 7) is 1.71. The summed E-state index contributed by atoms with van der Waals surface area (Å²) in [5, 5.41) is 4.49. The molecule has 2 aliphatic rings. The van der Waals surface area contributed by atoms with Crippen LogP contribution in [-0.2, 0) is 0 Å². The van der Waals surface area contributed by atoms with Crippen molar-refractivity contribution in [2.24, 2.45) is 5.11 Å². The fraction of sp³-hybridized carbons (Fsp3) is 0.429. The van der Waals surface area contributed by atoms with E-state index in [0.717, 1.165) is 25.3 Å². The van der Waals surface area contributed by atoms with Gasteiger partial charge in [0.15, 0.2) is 7.05 Å². The summed E-state index contributed by atoms with van der Waals surface area (Å²) in [5.41, 5.74) is 11.7. The second-order valence-corrected chi connectivity index (χ2v) is 5.03. The fourth-order valence-electron chi connectivity index (χ4n) is 2.82. The van der Waals surface area contributed by atoms with Gasteiger partial charge in [-0.3, -0.25) is 0 Å². The lowest BCUT2D eigenvalue weighted by Gasteiger charge is -2.21. The Morgan fingerprint density at radius 3 is 2.95 bits per heavy atom. The van der Waals surface area contributed by atoms with Crippen LogP contribution in [0.2, 0.25) is 0 Å². The third-order valence-electron chi connectivity index (χ3n) is 3.95. The highest BCUT2D eigenvalue weighted by molar-refractivity contribution is 5.84. The molecule has 2 aliphatic heterocycles. The molecule has 0 fully saturated rings. The number of nitrogens with zero attached hydrogens (tertiary/aromatic N) is 3. The largest absolute Gasteiger partial charge is 0.495 e. The minimum atomic E-state index is 0.679. The second kappa shape index (κ2) is 4.26. The number of nitrogen functional groups attached to an aromatic ring is 1. The van der Waals surface area contributed by atoms with Gasteiger partial charge in [0.25, 0.3) is 0 Å². The summed E-state index contributed by atoms with van der Waals surface area (Å²) in [4.78, 5) is 2.25. The van der Waals surface area contributed by atoms with E-state index in [4.69, 9.17) is 10.5 Å². The standard InChI is InChI=1S/C14H19N4O/c1-17-5-4-12-10(8-16-18(12)2)9-6-11(15)14(19-3)7-13(9)17/h6-7H,4-5,8,15H2,1-3H3/q+1. The van der Waals surface area contributed by atoms with E-state index in [1.807, 2.05) is 23.9 Å². The van der Waals surface area contributed by atoms with E-state index in [0.29, 0.717) is 5.69 Å². The van der Waals surface area contributed by atoms with Gasteiger partial charge in [-0.2, -0.15) is 0 Å². The number of hydrogen-bond acceptors (Lipinski definition) is 4. The highest BCUT2D eigenvalue weighted by Crippen LogP contribution is 2.40. The zero-order valence-electron chi connectivity index (χ0n) is 11.6. The lowest BCUT2D eigenvalue weighted by Crippen LogP contribution is -2.19. The van der Waals surface area contributed by atoms with Gasteiger partial charge in [-0.1, -0.05) is 4.70 Å². The monoisotopic (exact) mass is 259 g/mol. The topological polar surface area (TPSA) is 53.9 Å². The SMILES string of the molecule is COc1cc2c(cc1N)C1=C(CCN2C)[N+](C)=NC1. The van der Waals surface area contributed by atoms with Gasteiger partial charge in [0.1, 0.15) is 12.3 Å². The zero-order valence-corrected chi connectivity index (χ0v) is 11.6. The summed E-state index contributed by atoms with van der Waals surface area (Å²) in [6, 6.07) is 4.04. The molecule has 0 aliphatic carbocycles. The van der Waals surface area contributed by atoms with Crippen molar-refractivity contribution in [2.45, 2.75) is 6.42 Å². The average Bonchev–Trinajstić information content (AvgIpc) is 2.70. The molecule has 0 unspecified atom stereocenters. The molecule has 0 bridgehead atoms. The Labute approximate surface area is 113 Å². The molecule has 0 radical (unpaired) electrons. The van der Waals surface area contributed by atoms with Gasteiger partial charge in [-0.05, 0) is 11.2 Å². The van der Waals surface area contributed by atoms with Crippen molar-refractivity contribution in [1.82, 2.24) is 0 Å². The number of nitrogens with two attached hydrogens (primary N) is 1. The van der Waals surface area contributed by atoms with Crippen molar-refractivity contribution in [1.29, 1.82) is 0 Å². The van der Waals surface area contributed by atoms with Crippen molar-refractivity contribution in [3.05, 3.63) is 23.4 Å². The van der Waals surface area contributed by atoms with Gasteiger partial charge in [0.2, 0.25) is 5.70 Å². The summed E-state index contributed by atoms with van der Waals surface area (Å²) in [7, 11) is 5.77. The van der Waals surface area contributed by atoms with Crippen LogP contribution in [0.5, 0.6) is 5.75 Å². The first-order valence-corrected chi connectivity index (χ1v) is 6.44. The molecule has 0 saturated carbocycles. The van der Waals surface area contributed by atoms with Crippen LogP contribution in [0.3, 0.4) is 0 Å². The number of hydrogen-bond donors (Lipinski definition) is 1. The normalized spacial score (nSPS) is 17.8. The Morgan fingerprint density at radius 2 is 2.21 bits per heavy atom. The second-order valence-electron chi connectivity index (χ2n) is 5.03. The molecule has 3 rings (SSSR count). The van der Waals surface area contributed by atoms with E-state index in [2.05, 4.69) is 17.1 Å². The Bertz CT molecular complexity index is 604. The minimum absolute atomic E-state index is 0.679. The number of anilines is 2. The van der Waals surface area contributed by atoms with Gasteiger partial charge >= 0.3 is 0 Å². The smallest absolute Gasteiger partial charge is 0.215 e. The number of rotatable bonds is 1. The molecule has 2 heterocycles. The molecule has 0 spiro atoms. The van der Waals surface area contributed by atoms with Crippen molar-refractivity contribution in [3.63, 3.8) is 0 Å². The quantitative estimate of drug-likeness (QED) is 0.619. The van der Waals surface area contributed by atoms with Gasteiger partial charge in [-0.15, -0.1) is 0 Å². The van der Waals surface area contributed by atoms with Crippen molar-refractivity contribution in [2.75, 3.05) is 44.9 Å². The van der Waals surface area contributed by atoms with Crippen LogP contribution in [0, 0.1) is 0 Å². The van der Waals surface area contributed by atoms with E-state index < -0.39 is 0 Å². The summed E-state index contributed by atoms with van der Waals surface area (Å²) in [6.07, 6.45) is 1.00. The van der Waals surface area contributed by atoms with Crippen LogP contribution in [0.4, 0.5) is 11.4 Å². The first kappa shape index (κ1) is 12.0. The van der Waals surface area contributed by atoms with Crippen LogP contribution >= 0.6 is 0 Å². The van der Waals surface area contributed by atoms with Gasteiger partial charge in [0, 0.05) is 30.9 Å². The number of methoxy groups -OCH3 is 1. The molecule has 5 nitrogen and oxygen atoms in total. The third kappa shape index (κ3) is 1.77. The Morgan fingerprint density at radius 1 is 1.42 bits per heavy atom. The van der Waals surface area contributed by atoms with Gasteiger partial charge in [0.05, 0.1) is 24.8 Å². The van der Waals surface area contributed by atoms with Crippen LogP contribution in [0.15, 0.2) is 22.9 Å². The minimum Gasteiger partial charge on any atom is -0.495 e. The van der Waals surface area contributed by atoms with Crippen molar-refractivity contribution >= 4 is 16.9 Å². The molecule has 0 atom stereocenters. The third-order valence-corrected chi connectivity index (χ3v) is 3.95. The maximum absolute atomic E-state index is 6.06. The van der Waals surface area contributed by atoms with E-state index in [1.165, 1.54) is 22.5 Å². The summed E-state index contributed by atoms with van der Waals surface area (Å²) < 4.78 is 7.33. The number of ether oxygens (including phenoxy) is 1. The maximum Gasteiger partial charge on any atom is 0.215 e. The van der Waals surface area contributed by atoms with E-state index >= 15 is 0 Å². The molecule has 100 valence electrons. The molecular formula is C14H19N4O+. The lowest BCUT2D eigenvalue weighted by molar-refractivity contribution is -0.512. The molecule has 0 saturated heterocycles. The summed E-state index contributed by atoms with van der Waals surface area (Å²) in [5.74, 6) is 0.734. The highest BCUT2D eigenvalue weighted by atomic mass is 16.5. The van der Waals surface area contributed by atoms with E-state index in [1.54, 1.807) is 7.11 Å². The molecule has 5 heteroatoms. The highest BCUT2D eigenvalue weighted by Gasteiger charge is 2.31. The maximum atomic E-state index is 6.06. The predicted octanol–water partition coefficient (Wildman–Crippen LogP) is 1.94. The van der Waals surface area contributed by atoms with Crippen molar-refractivity contribution < 1.29 is 9.43 Å². The molecule has 2 N–H and O–H groups in total. The van der Waals surface area contributed by atoms with Gasteiger partial charge < -0.3 is 15.4 Å². The first-order valence-electron chi connectivity index (χ1n) is 6.44. The Balaban J connectivity index is 2.20. The summed E-state index contributed by atoms with van der Waals surface area (Å²) >= 11 is 0. The Hall–Kier alpha value is -2.04. The molecule has 0 amide bonds. The van der Waals surface area contributed by atoms with Crippen LogP contribution in [0.25, 0.3) is 5.57 Å². The van der Waals surface area contributed by atoms with E-state index in [9.17, 15) is 0 Å². The molecule has 1 aromatic carbocycles. The number of fused-ring (bicyclic) bond motifs is 2. The van der Waals surface area contributed by atoms with Gasteiger partial charge in [-0.25, -0.2) is 0 Å². The first-order chi connectivity index (χ1) is 9.11. The number of azo groups is 2. The van der Waals surface area contributed by atoms with Crippen LogP contribution in [-0.4, -0.2) is 39.0 Å². The molecule has 0 aromatic heterocycles. The van der Waals surface area contributed by atoms with E-state index in [-0.39, 0.29) is 0 Å².